The lowest BCUT2D eigenvalue weighted by molar-refractivity contribution is 0.581. The van der Waals surface area contributed by atoms with Gasteiger partial charge in [-0.15, -0.1) is 11.3 Å². The normalized spacial score (nSPS) is 11.7. The topological polar surface area (TPSA) is 72.2 Å². The second kappa shape index (κ2) is 6.49. The summed E-state index contributed by atoms with van der Waals surface area (Å²) in [6.45, 7) is 2.52. The van der Waals surface area contributed by atoms with Crippen molar-refractivity contribution >= 4 is 21.4 Å². The molecule has 2 aromatic rings. The number of aryl methyl sites for hydroxylation is 1. The first-order valence-corrected chi connectivity index (χ1v) is 8.71. The Morgan fingerprint density at radius 2 is 2.10 bits per heavy atom. The van der Waals surface area contributed by atoms with Gasteiger partial charge in [-0.1, -0.05) is 18.2 Å². The van der Waals surface area contributed by atoms with Gasteiger partial charge in [-0.2, -0.15) is 0 Å². The molecule has 108 valence electrons. The molecule has 0 aliphatic heterocycles. The van der Waals surface area contributed by atoms with Crippen LogP contribution in [-0.2, 0) is 23.0 Å². The third-order valence-corrected chi connectivity index (χ3v) is 5.56. The fraction of sp³-hybridized carbons (Fsp3) is 0.286. The summed E-state index contributed by atoms with van der Waals surface area (Å²) in [5, 5.41) is 1.98. The fourth-order valence-electron chi connectivity index (χ4n) is 1.90. The minimum atomic E-state index is -3.48. The van der Waals surface area contributed by atoms with E-state index in [-0.39, 0.29) is 0 Å². The standard InChI is InChI=1S/C14H18N2O2S2/c1-11-4-5-12(10-15)9-14(11)20(17,18)16-7-6-13-3-2-8-19-13/h2-5,8-9,16H,6-7,10,15H2,1H3. The van der Waals surface area contributed by atoms with E-state index in [1.165, 1.54) is 4.88 Å². The molecule has 1 aromatic heterocycles. The lowest BCUT2D eigenvalue weighted by Crippen LogP contribution is -2.26. The van der Waals surface area contributed by atoms with Crippen molar-refractivity contribution < 1.29 is 8.42 Å². The molecule has 0 radical (unpaired) electrons. The summed E-state index contributed by atoms with van der Waals surface area (Å²) in [6, 6.07) is 9.24. The van der Waals surface area contributed by atoms with Crippen LogP contribution in [0.25, 0.3) is 0 Å². The number of rotatable bonds is 6. The van der Waals surface area contributed by atoms with Crippen LogP contribution in [-0.4, -0.2) is 15.0 Å². The Balaban J connectivity index is 2.09. The molecule has 20 heavy (non-hydrogen) atoms. The molecule has 1 heterocycles. The summed E-state index contributed by atoms with van der Waals surface area (Å²) in [5.74, 6) is 0. The van der Waals surface area contributed by atoms with Crippen molar-refractivity contribution in [1.82, 2.24) is 4.72 Å². The fourth-order valence-corrected chi connectivity index (χ4v) is 3.94. The highest BCUT2D eigenvalue weighted by atomic mass is 32.2. The summed E-state index contributed by atoms with van der Waals surface area (Å²) >= 11 is 1.63. The van der Waals surface area contributed by atoms with Gasteiger partial charge >= 0.3 is 0 Å². The molecule has 4 nitrogen and oxygen atoms in total. The Hall–Kier alpha value is -1.21. The molecule has 6 heteroatoms. The average molecular weight is 310 g/mol. The number of thiophene rings is 1. The predicted molar refractivity (Wildman–Crippen MR) is 82.3 cm³/mol. The van der Waals surface area contributed by atoms with E-state index in [9.17, 15) is 8.42 Å². The van der Waals surface area contributed by atoms with E-state index in [1.807, 2.05) is 23.6 Å². The second-order valence-corrected chi connectivity index (χ2v) is 7.30. The van der Waals surface area contributed by atoms with Crippen LogP contribution in [0.1, 0.15) is 16.0 Å². The summed E-state index contributed by atoms with van der Waals surface area (Å²) < 4.78 is 27.2. The Bertz CT molecular complexity index is 664. The van der Waals surface area contributed by atoms with E-state index >= 15 is 0 Å². The highest BCUT2D eigenvalue weighted by Crippen LogP contribution is 2.17. The SMILES string of the molecule is Cc1ccc(CN)cc1S(=O)(=O)NCCc1cccs1. The maximum atomic E-state index is 12.3. The van der Waals surface area contributed by atoms with Crippen molar-refractivity contribution in [2.75, 3.05) is 6.54 Å². The van der Waals surface area contributed by atoms with E-state index in [2.05, 4.69) is 4.72 Å². The van der Waals surface area contributed by atoms with E-state index in [0.29, 0.717) is 24.4 Å². The molecule has 0 bridgehead atoms. The number of nitrogens with one attached hydrogen (secondary N) is 1. The van der Waals surface area contributed by atoms with Gasteiger partial charge in [-0.25, -0.2) is 13.1 Å². The minimum Gasteiger partial charge on any atom is -0.326 e. The van der Waals surface area contributed by atoms with Gasteiger partial charge in [0.1, 0.15) is 0 Å². The molecule has 0 unspecified atom stereocenters. The van der Waals surface area contributed by atoms with E-state index < -0.39 is 10.0 Å². The van der Waals surface area contributed by atoms with Crippen LogP contribution >= 0.6 is 11.3 Å². The third kappa shape index (κ3) is 3.67. The van der Waals surface area contributed by atoms with Gasteiger partial charge in [-0.3, -0.25) is 0 Å². The molecule has 2 rings (SSSR count). The Morgan fingerprint density at radius 3 is 2.75 bits per heavy atom. The van der Waals surface area contributed by atoms with Crippen molar-refractivity contribution in [1.29, 1.82) is 0 Å². The zero-order chi connectivity index (χ0) is 14.6. The van der Waals surface area contributed by atoms with E-state index in [1.54, 1.807) is 30.4 Å². The first kappa shape index (κ1) is 15.2. The van der Waals surface area contributed by atoms with Crippen molar-refractivity contribution in [3.8, 4) is 0 Å². The zero-order valence-electron chi connectivity index (χ0n) is 11.3. The molecule has 0 atom stereocenters. The van der Waals surface area contributed by atoms with Crippen molar-refractivity contribution in [3.05, 3.63) is 51.7 Å². The summed E-state index contributed by atoms with van der Waals surface area (Å²) in [5.41, 5.74) is 7.10. The lowest BCUT2D eigenvalue weighted by Gasteiger charge is -2.10. The highest BCUT2D eigenvalue weighted by molar-refractivity contribution is 7.89. The molecular weight excluding hydrogens is 292 g/mol. The number of benzene rings is 1. The molecule has 0 spiro atoms. The minimum absolute atomic E-state index is 0.312. The van der Waals surface area contributed by atoms with Crippen LogP contribution < -0.4 is 10.5 Å². The summed E-state index contributed by atoms with van der Waals surface area (Å²) in [6.07, 6.45) is 0.701. The molecule has 0 fully saturated rings. The van der Waals surface area contributed by atoms with Crippen LogP contribution in [0, 0.1) is 6.92 Å². The molecular formula is C14H18N2O2S2. The Kier molecular flexibility index (Phi) is 4.93. The van der Waals surface area contributed by atoms with Crippen molar-refractivity contribution in [2.24, 2.45) is 5.73 Å². The van der Waals surface area contributed by atoms with Gasteiger partial charge in [0.05, 0.1) is 4.90 Å². The van der Waals surface area contributed by atoms with Gasteiger partial charge in [0.25, 0.3) is 0 Å². The van der Waals surface area contributed by atoms with Gasteiger partial charge in [0.15, 0.2) is 0 Å². The largest absolute Gasteiger partial charge is 0.326 e. The first-order chi connectivity index (χ1) is 9.53. The van der Waals surface area contributed by atoms with Gasteiger partial charge in [0.2, 0.25) is 10.0 Å². The van der Waals surface area contributed by atoms with Crippen molar-refractivity contribution in [3.63, 3.8) is 0 Å². The predicted octanol–water partition coefficient (Wildman–Crippen LogP) is 2.04. The summed E-state index contributed by atoms with van der Waals surface area (Å²) in [7, 11) is -3.48. The zero-order valence-corrected chi connectivity index (χ0v) is 12.9. The maximum absolute atomic E-state index is 12.3. The smallest absolute Gasteiger partial charge is 0.240 e. The van der Waals surface area contributed by atoms with Crippen LogP contribution in [0.3, 0.4) is 0 Å². The van der Waals surface area contributed by atoms with Crippen LogP contribution in [0.2, 0.25) is 0 Å². The molecule has 0 aliphatic rings. The van der Waals surface area contributed by atoms with Crippen LogP contribution in [0.4, 0.5) is 0 Å². The Labute approximate surface area is 123 Å². The van der Waals surface area contributed by atoms with Gasteiger partial charge < -0.3 is 5.73 Å². The number of hydrogen-bond acceptors (Lipinski definition) is 4. The van der Waals surface area contributed by atoms with Crippen LogP contribution in [0.15, 0.2) is 40.6 Å². The molecule has 0 amide bonds. The van der Waals surface area contributed by atoms with Crippen LogP contribution in [0.5, 0.6) is 0 Å². The number of hydrogen-bond donors (Lipinski definition) is 2. The lowest BCUT2D eigenvalue weighted by atomic mass is 10.1. The van der Waals surface area contributed by atoms with Crippen molar-refractivity contribution in [2.45, 2.75) is 24.8 Å². The molecule has 0 saturated carbocycles. The number of sulfonamides is 1. The summed E-state index contributed by atoms with van der Waals surface area (Å²) in [4.78, 5) is 1.48. The second-order valence-electron chi connectivity index (χ2n) is 4.53. The van der Waals surface area contributed by atoms with Gasteiger partial charge in [-0.05, 0) is 42.0 Å². The molecule has 3 N–H and O–H groups in total. The quantitative estimate of drug-likeness (QED) is 0.857. The first-order valence-electron chi connectivity index (χ1n) is 6.34. The maximum Gasteiger partial charge on any atom is 0.240 e. The molecule has 0 aliphatic carbocycles. The average Bonchev–Trinajstić information content (AvgIpc) is 2.92. The monoisotopic (exact) mass is 310 g/mol. The molecule has 1 aromatic carbocycles. The highest BCUT2D eigenvalue weighted by Gasteiger charge is 2.16. The van der Waals surface area contributed by atoms with Gasteiger partial charge in [0, 0.05) is 18.0 Å². The van der Waals surface area contributed by atoms with E-state index in [0.717, 1.165) is 11.1 Å². The third-order valence-electron chi connectivity index (χ3n) is 3.02. The Morgan fingerprint density at radius 1 is 1.30 bits per heavy atom. The van der Waals surface area contributed by atoms with E-state index in [4.69, 9.17) is 5.73 Å². The number of nitrogens with two attached hydrogens (primary N) is 1. The molecule has 0 saturated heterocycles.